The minimum atomic E-state index is -0.219. The third-order valence-electron chi connectivity index (χ3n) is 7.14. The van der Waals surface area contributed by atoms with Crippen LogP contribution in [0.1, 0.15) is 17.5 Å². The van der Waals surface area contributed by atoms with Gasteiger partial charge in [-0.15, -0.1) is 0 Å². The number of carbonyl (C=O) groups is 2. The molecule has 2 aromatic carbocycles. The van der Waals surface area contributed by atoms with Crippen LogP contribution in [0, 0.1) is 35.5 Å². The van der Waals surface area contributed by atoms with E-state index >= 15 is 0 Å². The van der Waals surface area contributed by atoms with Crippen molar-refractivity contribution >= 4 is 34.0 Å². The number of amides is 2. The molecule has 2 aromatic rings. The lowest BCUT2D eigenvalue weighted by Crippen LogP contribution is -2.40. The SMILES string of the molecule is O=C1[C@@H]2[C@H]3C=C[C@@H]([C@@H]4C[C@H]34)[C@@H]2C(=O)N1/N=C\c1cccc(OCc2ccc(Br)cc2)c1. The molecule has 2 amide bonds. The van der Waals surface area contributed by atoms with E-state index in [1.807, 2.05) is 48.5 Å². The Kier molecular flexibility index (Phi) is 4.39. The summed E-state index contributed by atoms with van der Waals surface area (Å²) >= 11 is 3.43. The molecule has 2 saturated carbocycles. The maximum Gasteiger partial charge on any atom is 0.254 e. The fraction of sp³-hybridized carbons (Fsp3) is 0.320. The molecule has 0 N–H and O–H groups in total. The van der Waals surface area contributed by atoms with Crippen LogP contribution >= 0.6 is 15.9 Å². The molecule has 1 heterocycles. The van der Waals surface area contributed by atoms with Crippen LogP contribution in [0.4, 0.5) is 0 Å². The molecule has 0 aromatic heterocycles. The number of hydrogen-bond acceptors (Lipinski definition) is 4. The standard InChI is InChI=1S/C25H21BrN2O3/c26-16-6-4-14(5-7-16)13-31-17-3-1-2-15(10-17)12-27-28-24(29)22-18-8-9-19(21-11-20(18)21)23(22)25(28)30/h1-10,12,18-23H,11,13H2/b27-12-/t18-,19-,20-,21+,22-,23+/m0/s1. The van der Waals surface area contributed by atoms with E-state index in [1.54, 1.807) is 6.21 Å². The molecule has 1 saturated heterocycles. The lowest BCUT2D eigenvalue weighted by Gasteiger charge is -2.37. The Labute approximate surface area is 188 Å². The van der Waals surface area contributed by atoms with Gasteiger partial charge in [-0.2, -0.15) is 10.1 Å². The third-order valence-corrected chi connectivity index (χ3v) is 7.67. The van der Waals surface area contributed by atoms with Crippen molar-refractivity contribution in [1.29, 1.82) is 0 Å². The number of imide groups is 1. The molecule has 0 spiro atoms. The van der Waals surface area contributed by atoms with Gasteiger partial charge < -0.3 is 4.74 Å². The van der Waals surface area contributed by atoms with E-state index in [1.165, 1.54) is 0 Å². The van der Waals surface area contributed by atoms with Crippen molar-refractivity contribution < 1.29 is 14.3 Å². The minimum Gasteiger partial charge on any atom is -0.489 e. The van der Waals surface area contributed by atoms with Crippen LogP contribution in [0.5, 0.6) is 5.75 Å². The highest BCUT2D eigenvalue weighted by Gasteiger charge is 2.67. The zero-order valence-electron chi connectivity index (χ0n) is 16.7. The number of hydrazone groups is 1. The molecule has 3 fully saturated rings. The number of hydrogen-bond donors (Lipinski definition) is 0. The first kappa shape index (κ1) is 19.0. The van der Waals surface area contributed by atoms with E-state index in [4.69, 9.17) is 4.74 Å². The van der Waals surface area contributed by atoms with Crippen molar-refractivity contribution in [2.24, 2.45) is 40.6 Å². The summed E-state index contributed by atoms with van der Waals surface area (Å²) in [5, 5.41) is 5.42. The molecule has 6 atom stereocenters. The fourth-order valence-electron chi connectivity index (χ4n) is 5.61. The largest absolute Gasteiger partial charge is 0.489 e. The van der Waals surface area contributed by atoms with Crippen LogP contribution in [0.25, 0.3) is 0 Å². The molecule has 6 heteroatoms. The number of benzene rings is 2. The Morgan fingerprint density at radius 1 is 1.00 bits per heavy atom. The molecule has 0 unspecified atom stereocenters. The summed E-state index contributed by atoms with van der Waals surface area (Å²) in [6.07, 6.45) is 7.08. The van der Waals surface area contributed by atoms with Crippen molar-refractivity contribution in [3.05, 3.63) is 76.3 Å². The van der Waals surface area contributed by atoms with Crippen molar-refractivity contribution in [3.63, 3.8) is 0 Å². The first-order chi connectivity index (χ1) is 15.1. The molecule has 31 heavy (non-hydrogen) atoms. The maximum atomic E-state index is 13.0. The van der Waals surface area contributed by atoms with Gasteiger partial charge >= 0.3 is 0 Å². The van der Waals surface area contributed by atoms with Crippen molar-refractivity contribution in [2.45, 2.75) is 13.0 Å². The fourth-order valence-corrected chi connectivity index (χ4v) is 5.88. The summed E-state index contributed by atoms with van der Waals surface area (Å²) in [4.78, 5) is 26.0. The van der Waals surface area contributed by atoms with E-state index in [2.05, 4.69) is 33.2 Å². The van der Waals surface area contributed by atoms with Gasteiger partial charge in [0, 0.05) is 4.47 Å². The van der Waals surface area contributed by atoms with Crippen molar-refractivity contribution in [2.75, 3.05) is 0 Å². The molecular weight excluding hydrogens is 456 g/mol. The number of rotatable bonds is 5. The van der Waals surface area contributed by atoms with Crippen LogP contribution in [0.2, 0.25) is 0 Å². The Hall–Kier alpha value is -2.73. The molecule has 0 radical (unpaired) electrons. The first-order valence-corrected chi connectivity index (χ1v) is 11.5. The Morgan fingerprint density at radius 3 is 2.35 bits per heavy atom. The Balaban J connectivity index is 1.16. The van der Waals surface area contributed by atoms with Gasteiger partial charge in [0.25, 0.3) is 11.8 Å². The average Bonchev–Trinajstić information content (AvgIpc) is 3.57. The molecule has 5 nitrogen and oxygen atoms in total. The second-order valence-corrected chi connectivity index (χ2v) is 9.79. The summed E-state index contributed by atoms with van der Waals surface area (Å²) in [6, 6.07) is 15.5. The Bertz CT molecular complexity index is 1090. The monoisotopic (exact) mass is 476 g/mol. The predicted molar refractivity (Wildman–Crippen MR) is 119 cm³/mol. The van der Waals surface area contributed by atoms with Gasteiger partial charge in [-0.1, -0.05) is 52.3 Å². The van der Waals surface area contributed by atoms with Crippen LogP contribution in [0.15, 0.2) is 70.3 Å². The zero-order chi connectivity index (χ0) is 21.1. The van der Waals surface area contributed by atoms with Gasteiger partial charge in [-0.05, 0) is 65.5 Å². The maximum absolute atomic E-state index is 13.0. The topological polar surface area (TPSA) is 59.0 Å². The van der Waals surface area contributed by atoms with E-state index < -0.39 is 0 Å². The molecule has 5 aliphatic rings. The van der Waals surface area contributed by atoms with Gasteiger partial charge in [0.1, 0.15) is 12.4 Å². The van der Waals surface area contributed by atoms with Crippen LogP contribution < -0.4 is 4.74 Å². The quantitative estimate of drug-likeness (QED) is 0.364. The molecule has 4 aliphatic carbocycles. The molecule has 2 bridgehead atoms. The predicted octanol–water partition coefficient (Wildman–Crippen LogP) is 4.42. The van der Waals surface area contributed by atoms with Crippen molar-refractivity contribution in [1.82, 2.24) is 5.01 Å². The van der Waals surface area contributed by atoms with E-state index in [-0.39, 0.29) is 35.5 Å². The Morgan fingerprint density at radius 2 is 1.68 bits per heavy atom. The number of carbonyl (C=O) groups excluding carboxylic acids is 2. The van der Waals surface area contributed by atoms with Crippen LogP contribution in [-0.4, -0.2) is 23.0 Å². The van der Waals surface area contributed by atoms with Gasteiger partial charge in [0.05, 0.1) is 18.1 Å². The highest BCUT2D eigenvalue weighted by molar-refractivity contribution is 9.10. The second kappa shape index (κ2) is 7.16. The van der Waals surface area contributed by atoms with Crippen LogP contribution in [-0.2, 0) is 16.2 Å². The first-order valence-electron chi connectivity index (χ1n) is 10.7. The number of allylic oxidation sites excluding steroid dienone is 2. The summed E-state index contributed by atoms with van der Waals surface area (Å²) in [5.74, 6) is 1.61. The second-order valence-electron chi connectivity index (χ2n) is 8.88. The molecule has 7 rings (SSSR count). The summed E-state index contributed by atoms with van der Waals surface area (Å²) < 4.78 is 6.91. The highest BCUT2D eigenvalue weighted by Crippen LogP contribution is 2.65. The number of ether oxygens (including phenoxy) is 1. The third kappa shape index (κ3) is 3.16. The molecular formula is C25H21BrN2O3. The van der Waals surface area contributed by atoms with Gasteiger partial charge in [0.2, 0.25) is 0 Å². The normalized spacial score (nSPS) is 32.5. The lowest BCUT2D eigenvalue weighted by atomic mass is 9.63. The van der Waals surface area contributed by atoms with E-state index in [0.29, 0.717) is 24.2 Å². The smallest absolute Gasteiger partial charge is 0.254 e. The van der Waals surface area contributed by atoms with Crippen LogP contribution in [0.3, 0.4) is 0 Å². The van der Waals surface area contributed by atoms with Gasteiger partial charge in [-0.3, -0.25) is 9.59 Å². The number of halogens is 1. The zero-order valence-corrected chi connectivity index (χ0v) is 18.3. The van der Waals surface area contributed by atoms with Gasteiger partial charge in [-0.25, -0.2) is 0 Å². The molecule has 1 aliphatic heterocycles. The van der Waals surface area contributed by atoms with E-state index in [9.17, 15) is 9.59 Å². The number of nitrogens with zero attached hydrogens (tertiary/aromatic N) is 2. The van der Waals surface area contributed by atoms with Gasteiger partial charge in [0.15, 0.2) is 0 Å². The summed E-state index contributed by atoms with van der Waals surface area (Å²) in [7, 11) is 0. The summed E-state index contributed by atoms with van der Waals surface area (Å²) in [5.41, 5.74) is 1.85. The lowest BCUT2D eigenvalue weighted by molar-refractivity contribution is -0.140. The molecule has 156 valence electrons. The minimum absolute atomic E-state index is 0.140. The van der Waals surface area contributed by atoms with Crippen molar-refractivity contribution in [3.8, 4) is 5.75 Å². The summed E-state index contributed by atoms with van der Waals surface area (Å²) in [6.45, 7) is 0.457. The van der Waals surface area contributed by atoms with E-state index in [0.717, 1.165) is 27.0 Å². The average molecular weight is 477 g/mol. The highest BCUT2D eigenvalue weighted by atomic mass is 79.9.